The van der Waals surface area contributed by atoms with E-state index in [1.54, 1.807) is 11.1 Å². The molecule has 0 unspecified atom stereocenters. The average molecular weight is 230 g/mol. The number of nitrogens with zero attached hydrogens (tertiary/aromatic N) is 1. The summed E-state index contributed by atoms with van der Waals surface area (Å²) >= 11 is 0. The first-order chi connectivity index (χ1) is 8.24. The Bertz CT molecular complexity index is 405. The summed E-state index contributed by atoms with van der Waals surface area (Å²) in [5, 5.41) is 0. The van der Waals surface area contributed by atoms with Crippen molar-refractivity contribution in [1.82, 2.24) is 0 Å². The number of hydrogen-bond donors (Lipinski definition) is 1. The third-order valence-electron chi connectivity index (χ3n) is 4.47. The molecule has 1 heterocycles. The summed E-state index contributed by atoms with van der Waals surface area (Å²) in [6.45, 7) is 1.17. The van der Waals surface area contributed by atoms with Crippen LogP contribution in [0.15, 0.2) is 18.2 Å². The minimum Gasteiger partial charge on any atom is -0.374 e. The van der Waals surface area contributed by atoms with E-state index < -0.39 is 0 Å². The SMILES string of the molecule is CN1CCc2cc(C3CCC(N)CC3)ccc21. The van der Waals surface area contributed by atoms with Crippen LogP contribution in [0.1, 0.15) is 42.7 Å². The van der Waals surface area contributed by atoms with Crippen LogP contribution in [0.25, 0.3) is 0 Å². The van der Waals surface area contributed by atoms with Crippen LogP contribution in [0.5, 0.6) is 0 Å². The molecular formula is C15H22N2. The second kappa shape index (κ2) is 4.34. The van der Waals surface area contributed by atoms with Crippen molar-refractivity contribution in [1.29, 1.82) is 0 Å². The minimum absolute atomic E-state index is 0.451. The Morgan fingerprint density at radius 3 is 2.71 bits per heavy atom. The molecule has 0 radical (unpaired) electrons. The summed E-state index contributed by atoms with van der Waals surface area (Å²) in [4.78, 5) is 2.36. The summed E-state index contributed by atoms with van der Waals surface area (Å²) in [7, 11) is 2.19. The van der Waals surface area contributed by atoms with Crippen LogP contribution in [0.3, 0.4) is 0 Å². The maximum Gasteiger partial charge on any atom is 0.0397 e. The lowest BCUT2D eigenvalue weighted by molar-refractivity contribution is 0.395. The van der Waals surface area contributed by atoms with Crippen molar-refractivity contribution < 1.29 is 0 Å². The lowest BCUT2D eigenvalue weighted by Gasteiger charge is -2.26. The van der Waals surface area contributed by atoms with Crippen LogP contribution in [0.2, 0.25) is 0 Å². The molecular weight excluding hydrogens is 208 g/mol. The maximum atomic E-state index is 5.98. The second-order valence-corrected chi connectivity index (χ2v) is 5.67. The highest BCUT2D eigenvalue weighted by atomic mass is 15.1. The van der Waals surface area contributed by atoms with Gasteiger partial charge in [-0.05, 0) is 55.2 Å². The minimum atomic E-state index is 0.451. The topological polar surface area (TPSA) is 29.3 Å². The van der Waals surface area contributed by atoms with Gasteiger partial charge >= 0.3 is 0 Å². The Balaban J connectivity index is 1.80. The molecule has 0 aromatic heterocycles. The van der Waals surface area contributed by atoms with E-state index in [0.717, 1.165) is 5.92 Å². The molecule has 1 aromatic rings. The average Bonchev–Trinajstić information content (AvgIpc) is 2.72. The van der Waals surface area contributed by atoms with Crippen molar-refractivity contribution >= 4 is 5.69 Å². The number of hydrogen-bond acceptors (Lipinski definition) is 2. The van der Waals surface area contributed by atoms with E-state index in [9.17, 15) is 0 Å². The first-order valence-electron chi connectivity index (χ1n) is 6.83. The van der Waals surface area contributed by atoms with Gasteiger partial charge in [0.25, 0.3) is 0 Å². The van der Waals surface area contributed by atoms with E-state index >= 15 is 0 Å². The molecule has 0 bridgehead atoms. The molecule has 2 heteroatoms. The Labute approximate surface area is 104 Å². The molecule has 0 amide bonds. The molecule has 1 aromatic carbocycles. The van der Waals surface area contributed by atoms with E-state index in [0.29, 0.717) is 6.04 Å². The predicted molar refractivity (Wildman–Crippen MR) is 72.6 cm³/mol. The maximum absolute atomic E-state index is 5.98. The van der Waals surface area contributed by atoms with Crippen LogP contribution in [0, 0.1) is 0 Å². The molecule has 1 fully saturated rings. The molecule has 2 nitrogen and oxygen atoms in total. The third-order valence-corrected chi connectivity index (χ3v) is 4.47. The summed E-state index contributed by atoms with van der Waals surface area (Å²) < 4.78 is 0. The van der Waals surface area contributed by atoms with Crippen LogP contribution < -0.4 is 10.6 Å². The quantitative estimate of drug-likeness (QED) is 0.803. The molecule has 1 aliphatic carbocycles. The smallest absolute Gasteiger partial charge is 0.0397 e. The van der Waals surface area contributed by atoms with Gasteiger partial charge in [0, 0.05) is 25.3 Å². The third kappa shape index (κ3) is 2.06. The fourth-order valence-electron chi connectivity index (χ4n) is 3.29. The molecule has 0 spiro atoms. The van der Waals surface area contributed by atoms with Gasteiger partial charge in [-0.3, -0.25) is 0 Å². The van der Waals surface area contributed by atoms with Crippen LogP contribution in [-0.4, -0.2) is 19.6 Å². The largest absolute Gasteiger partial charge is 0.374 e. The van der Waals surface area contributed by atoms with Gasteiger partial charge in [0.1, 0.15) is 0 Å². The number of rotatable bonds is 1. The highest BCUT2D eigenvalue weighted by molar-refractivity contribution is 5.58. The summed E-state index contributed by atoms with van der Waals surface area (Å²) in [5.41, 5.74) is 10.5. The summed E-state index contributed by atoms with van der Waals surface area (Å²) in [6, 6.07) is 7.54. The van der Waals surface area contributed by atoms with Gasteiger partial charge in [0.2, 0.25) is 0 Å². The van der Waals surface area contributed by atoms with Crippen molar-refractivity contribution in [3.8, 4) is 0 Å². The molecule has 2 N–H and O–H groups in total. The normalized spacial score (nSPS) is 28.2. The van der Waals surface area contributed by atoms with Gasteiger partial charge in [0.15, 0.2) is 0 Å². The Morgan fingerprint density at radius 2 is 1.94 bits per heavy atom. The van der Waals surface area contributed by atoms with Crippen molar-refractivity contribution in [3.63, 3.8) is 0 Å². The molecule has 2 aliphatic rings. The monoisotopic (exact) mass is 230 g/mol. The van der Waals surface area contributed by atoms with Gasteiger partial charge in [-0.1, -0.05) is 12.1 Å². The van der Waals surface area contributed by atoms with Crippen molar-refractivity contribution in [2.45, 2.75) is 44.1 Å². The lowest BCUT2D eigenvalue weighted by atomic mass is 9.81. The van der Waals surface area contributed by atoms with Gasteiger partial charge in [0.05, 0.1) is 0 Å². The number of benzene rings is 1. The molecule has 17 heavy (non-hydrogen) atoms. The van der Waals surface area contributed by atoms with Crippen LogP contribution in [0.4, 0.5) is 5.69 Å². The van der Waals surface area contributed by atoms with Crippen LogP contribution >= 0.6 is 0 Å². The fourth-order valence-corrected chi connectivity index (χ4v) is 3.29. The first kappa shape index (κ1) is 11.1. The van der Waals surface area contributed by atoms with Crippen molar-refractivity contribution in [2.75, 3.05) is 18.5 Å². The first-order valence-corrected chi connectivity index (χ1v) is 6.83. The van der Waals surface area contributed by atoms with Crippen molar-refractivity contribution in [3.05, 3.63) is 29.3 Å². The predicted octanol–water partition coefficient (Wildman–Crippen LogP) is 2.66. The van der Waals surface area contributed by atoms with E-state index in [1.165, 1.54) is 44.3 Å². The summed E-state index contributed by atoms with van der Waals surface area (Å²) in [6.07, 6.45) is 6.15. The van der Waals surface area contributed by atoms with Crippen molar-refractivity contribution in [2.24, 2.45) is 5.73 Å². The molecule has 0 atom stereocenters. The van der Waals surface area contributed by atoms with Gasteiger partial charge in [-0.2, -0.15) is 0 Å². The van der Waals surface area contributed by atoms with E-state index in [1.807, 2.05) is 0 Å². The lowest BCUT2D eigenvalue weighted by Crippen LogP contribution is -2.25. The Morgan fingerprint density at radius 1 is 1.18 bits per heavy atom. The number of fused-ring (bicyclic) bond motifs is 1. The van der Waals surface area contributed by atoms with E-state index in [4.69, 9.17) is 5.73 Å². The zero-order valence-corrected chi connectivity index (χ0v) is 10.7. The standard InChI is InChI=1S/C15H22N2/c1-17-9-8-13-10-12(4-7-15(13)17)11-2-5-14(16)6-3-11/h4,7,10-11,14H,2-3,5-6,8-9,16H2,1H3. The number of anilines is 1. The number of likely N-dealkylation sites (N-methyl/N-ethyl adjacent to an activating group) is 1. The molecule has 0 saturated heterocycles. The molecule has 3 rings (SSSR count). The van der Waals surface area contributed by atoms with Gasteiger partial charge in [-0.25, -0.2) is 0 Å². The van der Waals surface area contributed by atoms with Crippen LogP contribution in [-0.2, 0) is 6.42 Å². The van der Waals surface area contributed by atoms with E-state index in [2.05, 4.69) is 30.1 Å². The zero-order chi connectivity index (χ0) is 11.8. The van der Waals surface area contributed by atoms with Gasteiger partial charge < -0.3 is 10.6 Å². The molecule has 1 aliphatic heterocycles. The molecule has 92 valence electrons. The highest BCUT2D eigenvalue weighted by Crippen LogP contribution is 2.36. The second-order valence-electron chi connectivity index (χ2n) is 5.67. The molecule has 1 saturated carbocycles. The number of nitrogens with two attached hydrogens (primary N) is 1. The van der Waals surface area contributed by atoms with Gasteiger partial charge in [-0.15, -0.1) is 0 Å². The van der Waals surface area contributed by atoms with E-state index in [-0.39, 0.29) is 0 Å². The Kier molecular flexibility index (Phi) is 2.83. The fraction of sp³-hybridized carbons (Fsp3) is 0.600. The highest BCUT2D eigenvalue weighted by Gasteiger charge is 2.22. The summed E-state index contributed by atoms with van der Waals surface area (Å²) in [5.74, 6) is 0.756. The zero-order valence-electron chi connectivity index (χ0n) is 10.7. The Hall–Kier alpha value is -1.02.